The van der Waals surface area contributed by atoms with Gasteiger partial charge in [0.05, 0.1) is 11.1 Å². The van der Waals surface area contributed by atoms with Crippen LogP contribution in [-0.4, -0.2) is 24.1 Å². The second-order valence-corrected chi connectivity index (χ2v) is 8.45. The quantitative estimate of drug-likeness (QED) is 0.543. The molecule has 5 rings (SSSR count). The summed E-state index contributed by atoms with van der Waals surface area (Å²) >= 11 is 0. The summed E-state index contributed by atoms with van der Waals surface area (Å²) < 4.78 is 12.0. The molecule has 0 aliphatic heterocycles. The van der Waals surface area contributed by atoms with Gasteiger partial charge in [-0.25, -0.2) is 9.59 Å². The molecule has 2 aliphatic carbocycles. The third-order valence-electron chi connectivity index (χ3n) is 6.59. The molecule has 0 amide bonds. The van der Waals surface area contributed by atoms with Crippen LogP contribution in [0.2, 0.25) is 0 Å². The highest BCUT2D eigenvalue weighted by Gasteiger charge is 2.56. The maximum Gasteiger partial charge on any atom is 0.338 e. The number of rotatable bonds is 4. The summed E-state index contributed by atoms with van der Waals surface area (Å²) in [5, 5.41) is 0. The number of fused-ring (bicyclic) bond motifs is 5. The van der Waals surface area contributed by atoms with Gasteiger partial charge in [0.2, 0.25) is 0 Å². The van der Waals surface area contributed by atoms with E-state index in [1.165, 1.54) is 22.3 Å². The van der Waals surface area contributed by atoms with Gasteiger partial charge in [0.1, 0.15) is 12.2 Å². The normalized spacial score (nSPS) is 23.3. The first-order valence-corrected chi connectivity index (χ1v) is 10.7. The average Bonchev–Trinajstić information content (AvgIpc) is 3.35. The Labute approximate surface area is 181 Å². The van der Waals surface area contributed by atoms with Crippen LogP contribution in [-0.2, 0) is 9.47 Å². The van der Waals surface area contributed by atoms with Gasteiger partial charge in [0, 0.05) is 11.8 Å². The number of aryl methyl sites for hydroxylation is 2. The van der Waals surface area contributed by atoms with Crippen molar-refractivity contribution in [2.45, 2.75) is 44.3 Å². The van der Waals surface area contributed by atoms with Crippen molar-refractivity contribution in [2.75, 3.05) is 0 Å². The highest BCUT2D eigenvalue weighted by molar-refractivity contribution is 5.90. The number of hydrogen-bond donors (Lipinski definition) is 0. The molecule has 3 aromatic rings. The summed E-state index contributed by atoms with van der Waals surface area (Å²) in [4.78, 5) is 25.8. The topological polar surface area (TPSA) is 52.6 Å². The van der Waals surface area contributed by atoms with Crippen LogP contribution >= 0.6 is 0 Å². The Morgan fingerprint density at radius 3 is 1.42 bits per heavy atom. The van der Waals surface area contributed by atoms with E-state index in [-0.39, 0.29) is 23.8 Å². The number of benzene rings is 3. The van der Waals surface area contributed by atoms with Gasteiger partial charge in [-0.15, -0.1) is 0 Å². The molecule has 0 aromatic heterocycles. The standard InChI is InChI=1S/C27H24O4/c1-16-13-14-17(2)23-21-15-20(22(16)23)24(30-26(28)18-9-5-3-6-10-18)25(21)31-27(29)19-11-7-4-8-12-19/h3-14,20-21,24-25H,15H2,1-2H3/t20?,21?,24-,25+. The monoisotopic (exact) mass is 412 g/mol. The molecule has 2 bridgehead atoms. The van der Waals surface area contributed by atoms with Gasteiger partial charge in [0.25, 0.3) is 0 Å². The van der Waals surface area contributed by atoms with Crippen LogP contribution in [0.5, 0.6) is 0 Å². The zero-order chi connectivity index (χ0) is 21.5. The van der Waals surface area contributed by atoms with E-state index >= 15 is 0 Å². The lowest BCUT2D eigenvalue weighted by Gasteiger charge is -2.33. The Kier molecular flexibility index (Phi) is 4.85. The summed E-state index contributed by atoms with van der Waals surface area (Å²) in [5.74, 6) is -0.709. The van der Waals surface area contributed by atoms with Crippen molar-refractivity contribution in [1.82, 2.24) is 0 Å². The fourth-order valence-electron chi connectivity index (χ4n) is 5.23. The van der Waals surface area contributed by atoms with Crippen molar-refractivity contribution >= 4 is 11.9 Å². The van der Waals surface area contributed by atoms with Crippen LogP contribution in [0.15, 0.2) is 72.8 Å². The molecule has 156 valence electrons. The maximum absolute atomic E-state index is 12.9. The molecule has 31 heavy (non-hydrogen) atoms. The van der Waals surface area contributed by atoms with Gasteiger partial charge >= 0.3 is 11.9 Å². The lowest BCUT2D eigenvalue weighted by molar-refractivity contribution is -0.0349. The predicted molar refractivity (Wildman–Crippen MR) is 117 cm³/mol. The minimum absolute atomic E-state index is 0.0288. The van der Waals surface area contributed by atoms with Gasteiger partial charge in [-0.05, 0) is 66.8 Å². The molecule has 4 heteroatoms. The van der Waals surface area contributed by atoms with E-state index in [1.807, 2.05) is 36.4 Å². The fourth-order valence-corrected chi connectivity index (χ4v) is 5.23. The number of hydrogen-bond acceptors (Lipinski definition) is 4. The molecule has 4 nitrogen and oxygen atoms in total. The van der Waals surface area contributed by atoms with E-state index in [0.29, 0.717) is 11.1 Å². The Morgan fingerprint density at radius 1 is 0.645 bits per heavy atom. The number of ether oxygens (including phenoxy) is 2. The summed E-state index contributed by atoms with van der Waals surface area (Å²) in [5.41, 5.74) is 5.90. The van der Waals surface area contributed by atoms with Crippen LogP contribution in [0.3, 0.4) is 0 Å². The molecule has 2 aliphatic rings. The SMILES string of the molecule is Cc1ccc(C)c2c1C1CC2[C@H](OC(=O)c2ccccc2)[C@@H]1OC(=O)c1ccccc1. The van der Waals surface area contributed by atoms with E-state index in [4.69, 9.17) is 9.47 Å². The second kappa shape index (κ2) is 7.69. The number of carbonyl (C=O) groups excluding carboxylic acids is 2. The highest BCUT2D eigenvalue weighted by Crippen LogP contribution is 2.57. The molecular weight excluding hydrogens is 388 g/mol. The molecule has 1 fully saturated rings. The van der Waals surface area contributed by atoms with Crippen LogP contribution in [0.4, 0.5) is 0 Å². The highest BCUT2D eigenvalue weighted by atomic mass is 16.6. The van der Waals surface area contributed by atoms with E-state index in [0.717, 1.165) is 6.42 Å². The van der Waals surface area contributed by atoms with Crippen LogP contribution in [0, 0.1) is 13.8 Å². The van der Waals surface area contributed by atoms with E-state index < -0.39 is 12.2 Å². The van der Waals surface area contributed by atoms with Gasteiger partial charge in [-0.1, -0.05) is 48.5 Å². The zero-order valence-corrected chi connectivity index (χ0v) is 17.6. The van der Waals surface area contributed by atoms with E-state index in [9.17, 15) is 9.59 Å². The van der Waals surface area contributed by atoms with Crippen molar-refractivity contribution in [3.05, 3.63) is 106 Å². The predicted octanol–water partition coefficient (Wildman–Crippen LogP) is 5.34. The van der Waals surface area contributed by atoms with Gasteiger partial charge in [-0.3, -0.25) is 0 Å². The largest absolute Gasteiger partial charge is 0.454 e. The summed E-state index contributed by atoms with van der Waals surface area (Å²) in [7, 11) is 0. The summed E-state index contributed by atoms with van der Waals surface area (Å²) in [6, 6.07) is 22.2. The third kappa shape index (κ3) is 3.32. The molecule has 1 saturated carbocycles. The van der Waals surface area contributed by atoms with E-state index in [2.05, 4.69) is 26.0 Å². The van der Waals surface area contributed by atoms with Crippen molar-refractivity contribution in [3.8, 4) is 0 Å². The Balaban J connectivity index is 1.50. The van der Waals surface area contributed by atoms with Gasteiger partial charge < -0.3 is 9.47 Å². The zero-order valence-electron chi connectivity index (χ0n) is 17.6. The lowest BCUT2D eigenvalue weighted by atomic mass is 9.82. The van der Waals surface area contributed by atoms with Crippen LogP contribution < -0.4 is 0 Å². The first-order chi connectivity index (χ1) is 15.0. The average molecular weight is 412 g/mol. The van der Waals surface area contributed by atoms with Crippen LogP contribution in [0.1, 0.15) is 61.2 Å². The third-order valence-corrected chi connectivity index (χ3v) is 6.59. The minimum atomic E-state index is -0.502. The minimum Gasteiger partial charge on any atom is -0.454 e. The first kappa shape index (κ1) is 19.6. The van der Waals surface area contributed by atoms with Crippen molar-refractivity contribution in [2.24, 2.45) is 0 Å². The number of carbonyl (C=O) groups is 2. The van der Waals surface area contributed by atoms with Gasteiger partial charge in [-0.2, -0.15) is 0 Å². The molecule has 0 heterocycles. The van der Waals surface area contributed by atoms with Crippen molar-refractivity contribution in [1.29, 1.82) is 0 Å². The smallest absolute Gasteiger partial charge is 0.338 e. The Morgan fingerprint density at radius 2 is 1.03 bits per heavy atom. The lowest BCUT2D eigenvalue weighted by Crippen LogP contribution is -2.39. The molecule has 0 radical (unpaired) electrons. The summed E-state index contributed by atoms with van der Waals surface area (Å²) in [6.45, 7) is 4.19. The summed E-state index contributed by atoms with van der Waals surface area (Å²) in [6.07, 6.45) is -0.183. The molecule has 0 saturated heterocycles. The van der Waals surface area contributed by atoms with Crippen LogP contribution in [0.25, 0.3) is 0 Å². The molecule has 4 atom stereocenters. The molecule has 0 N–H and O–H groups in total. The molecule has 0 spiro atoms. The Bertz CT molecular complexity index is 1050. The molecule has 3 aromatic carbocycles. The first-order valence-electron chi connectivity index (χ1n) is 10.7. The molecular formula is C27H24O4. The number of esters is 2. The Hall–Kier alpha value is -3.40. The maximum atomic E-state index is 12.9. The van der Waals surface area contributed by atoms with Gasteiger partial charge in [0.15, 0.2) is 0 Å². The van der Waals surface area contributed by atoms with Crippen molar-refractivity contribution in [3.63, 3.8) is 0 Å². The molecule has 2 unspecified atom stereocenters. The second-order valence-electron chi connectivity index (χ2n) is 8.45. The fraction of sp³-hybridized carbons (Fsp3) is 0.259. The van der Waals surface area contributed by atoms with Crippen molar-refractivity contribution < 1.29 is 19.1 Å². The van der Waals surface area contributed by atoms with E-state index in [1.54, 1.807) is 24.3 Å².